The van der Waals surface area contributed by atoms with Gasteiger partial charge in [0.05, 0.1) is 32.0 Å². The predicted octanol–water partition coefficient (Wildman–Crippen LogP) is 0.138. The van der Waals surface area contributed by atoms with Crippen LogP contribution in [-0.4, -0.2) is 62.2 Å². The topological polar surface area (TPSA) is 41.9 Å². The average Bonchev–Trinajstić information content (AvgIpc) is 2.10. The maximum Gasteiger partial charge on any atom is 0.0671 e. The van der Waals surface area contributed by atoms with Gasteiger partial charge in [-0.1, -0.05) is 0 Å². The molecule has 86 valence electrons. The number of β-amino-alcohol motifs (C(OH)–C–C–N with tert-alkyl or cyclic N) is 1. The van der Waals surface area contributed by atoms with E-state index in [9.17, 15) is 0 Å². The van der Waals surface area contributed by atoms with Gasteiger partial charge in [-0.05, 0) is 6.92 Å². The summed E-state index contributed by atoms with van der Waals surface area (Å²) in [6.45, 7) is 5.95. The van der Waals surface area contributed by atoms with Crippen LogP contribution in [0.15, 0.2) is 0 Å². The Kier molecular flexibility index (Phi) is 6.64. The third-order valence-corrected chi connectivity index (χ3v) is 2.51. The zero-order valence-electron chi connectivity index (χ0n) is 8.86. The van der Waals surface area contributed by atoms with Gasteiger partial charge in [-0.2, -0.15) is 0 Å². The molecule has 14 heavy (non-hydrogen) atoms. The smallest absolute Gasteiger partial charge is 0.0671 e. The lowest BCUT2D eigenvalue weighted by Gasteiger charge is -2.43. The molecule has 1 unspecified atom stereocenters. The summed E-state index contributed by atoms with van der Waals surface area (Å²) >= 11 is 0. The van der Waals surface area contributed by atoms with Crippen molar-refractivity contribution in [3.63, 3.8) is 0 Å². The summed E-state index contributed by atoms with van der Waals surface area (Å²) in [5.41, 5.74) is -0.0737. The Bertz CT molecular complexity index is 153. The van der Waals surface area contributed by atoms with Crippen LogP contribution in [-0.2, 0) is 9.47 Å². The molecule has 0 amide bonds. The molecule has 1 fully saturated rings. The van der Waals surface area contributed by atoms with Gasteiger partial charge in [-0.25, -0.2) is 0 Å². The van der Waals surface area contributed by atoms with E-state index in [2.05, 4.69) is 11.8 Å². The van der Waals surface area contributed by atoms with Crippen molar-refractivity contribution in [3.05, 3.63) is 0 Å². The minimum absolute atomic E-state index is 0. The van der Waals surface area contributed by atoms with Crippen LogP contribution in [0.25, 0.3) is 0 Å². The number of hydrogen-bond donors (Lipinski definition) is 1. The molecule has 1 atom stereocenters. The molecular formula is C9H20ClNO3. The third kappa shape index (κ3) is 3.37. The van der Waals surface area contributed by atoms with Crippen molar-refractivity contribution in [1.82, 2.24) is 4.90 Å². The number of aliphatic hydroxyl groups excluding tert-OH is 1. The molecule has 1 rings (SSSR count). The van der Waals surface area contributed by atoms with Gasteiger partial charge < -0.3 is 14.6 Å². The van der Waals surface area contributed by atoms with E-state index in [1.165, 1.54) is 0 Å². The Morgan fingerprint density at radius 1 is 1.57 bits per heavy atom. The van der Waals surface area contributed by atoms with E-state index in [1.807, 2.05) is 0 Å². The highest BCUT2D eigenvalue weighted by atomic mass is 35.5. The van der Waals surface area contributed by atoms with Crippen LogP contribution in [0.3, 0.4) is 0 Å². The van der Waals surface area contributed by atoms with Gasteiger partial charge in [0.1, 0.15) is 0 Å². The van der Waals surface area contributed by atoms with E-state index in [1.54, 1.807) is 7.11 Å². The highest BCUT2D eigenvalue weighted by Gasteiger charge is 2.34. The van der Waals surface area contributed by atoms with Gasteiger partial charge in [0.2, 0.25) is 0 Å². The van der Waals surface area contributed by atoms with E-state index < -0.39 is 0 Å². The Morgan fingerprint density at radius 2 is 2.29 bits per heavy atom. The van der Waals surface area contributed by atoms with E-state index in [4.69, 9.17) is 14.6 Å². The number of aliphatic hydroxyl groups is 1. The lowest BCUT2D eigenvalue weighted by Crippen LogP contribution is -2.58. The maximum absolute atomic E-state index is 8.90. The van der Waals surface area contributed by atoms with E-state index in [-0.39, 0.29) is 24.6 Å². The first kappa shape index (κ1) is 14.1. The first-order valence-electron chi connectivity index (χ1n) is 4.65. The first-order valence-corrected chi connectivity index (χ1v) is 4.65. The molecule has 0 bridgehead atoms. The van der Waals surface area contributed by atoms with Gasteiger partial charge in [0.25, 0.3) is 0 Å². The molecule has 1 heterocycles. The fourth-order valence-corrected chi connectivity index (χ4v) is 1.77. The lowest BCUT2D eigenvalue weighted by atomic mass is 10.0. The van der Waals surface area contributed by atoms with Crippen molar-refractivity contribution in [1.29, 1.82) is 0 Å². The van der Waals surface area contributed by atoms with Crippen molar-refractivity contribution in [2.24, 2.45) is 0 Å². The summed E-state index contributed by atoms with van der Waals surface area (Å²) in [6, 6.07) is 0. The standard InChI is InChI=1S/C9H19NO3.ClH/c1-9(7-12-2)8-13-6-4-10(9)3-5-11;/h11H,3-8H2,1-2H3;1H. The van der Waals surface area contributed by atoms with E-state index >= 15 is 0 Å². The summed E-state index contributed by atoms with van der Waals surface area (Å²) < 4.78 is 10.6. The molecule has 0 radical (unpaired) electrons. The molecule has 1 aliphatic heterocycles. The molecule has 1 saturated heterocycles. The number of rotatable bonds is 4. The largest absolute Gasteiger partial charge is 0.395 e. The number of halogens is 1. The monoisotopic (exact) mass is 225 g/mol. The van der Waals surface area contributed by atoms with Crippen LogP contribution in [0.1, 0.15) is 6.92 Å². The van der Waals surface area contributed by atoms with Crippen molar-refractivity contribution in [3.8, 4) is 0 Å². The predicted molar refractivity (Wildman–Crippen MR) is 57.0 cm³/mol. The highest BCUT2D eigenvalue weighted by molar-refractivity contribution is 5.85. The maximum atomic E-state index is 8.90. The summed E-state index contributed by atoms with van der Waals surface area (Å²) in [7, 11) is 1.69. The molecule has 0 aromatic heterocycles. The van der Waals surface area contributed by atoms with Crippen LogP contribution in [0.4, 0.5) is 0 Å². The number of morpholine rings is 1. The van der Waals surface area contributed by atoms with Gasteiger partial charge in [-0.15, -0.1) is 12.4 Å². The van der Waals surface area contributed by atoms with Gasteiger partial charge in [-0.3, -0.25) is 4.90 Å². The zero-order chi connectivity index (χ0) is 9.73. The molecule has 0 spiro atoms. The highest BCUT2D eigenvalue weighted by Crippen LogP contribution is 2.19. The molecule has 4 nitrogen and oxygen atoms in total. The van der Waals surface area contributed by atoms with Gasteiger partial charge >= 0.3 is 0 Å². The molecule has 0 aromatic rings. The first-order chi connectivity index (χ1) is 6.23. The number of methoxy groups -OCH3 is 1. The Hall–Kier alpha value is 0.130. The Balaban J connectivity index is 0.00000169. The minimum Gasteiger partial charge on any atom is -0.395 e. The normalized spacial score (nSPS) is 28.5. The van der Waals surface area contributed by atoms with Gasteiger partial charge in [0.15, 0.2) is 0 Å². The number of hydrogen-bond acceptors (Lipinski definition) is 4. The fourth-order valence-electron chi connectivity index (χ4n) is 1.77. The minimum atomic E-state index is -0.0737. The number of nitrogens with zero attached hydrogens (tertiary/aromatic N) is 1. The average molecular weight is 226 g/mol. The van der Waals surface area contributed by atoms with Crippen LogP contribution in [0.5, 0.6) is 0 Å². The fraction of sp³-hybridized carbons (Fsp3) is 1.00. The van der Waals surface area contributed by atoms with Crippen molar-refractivity contribution < 1.29 is 14.6 Å². The SMILES string of the molecule is COCC1(C)COCCN1CCO.Cl. The van der Waals surface area contributed by atoms with E-state index in [0.717, 1.165) is 13.2 Å². The summed E-state index contributed by atoms with van der Waals surface area (Å²) in [4.78, 5) is 2.22. The van der Waals surface area contributed by atoms with Crippen LogP contribution in [0, 0.1) is 0 Å². The number of ether oxygens (including phenoxy) is 2. The quantitative estimate of drug-likeness (QED) is 0.739. The molecule has 1 aliphatic rings. The van der Waals surface area contributed by atoms with Crippen LogP contribution >= 0.6 is 12.4 Å². The molecule has 5 heteroatoms. The summed E-state index contributed by atoms with van der Waals surface area (Å²) in [5, 5.41) is 8.90. The van der Waals surface area contributed by atoms with E-state index in [0.29, 0.717) is 19.8 Å². The van der Waals surface area contributed by atoms with Gasteiger partial charge in [0, 0.05) is 20.2 Å². The molecular weight excluding hydrogens is 206 g/mol. The molecule has 0 aliphatic carbocycles. The molecule has 0 aromatic carbocycles. The Labute approximate surface area is 91.6 Å². The second-order valence-corrected chi connectivity index (χ2v) is 3.69. The van der Waals surface area contributed by atoms with Crippen LogP contribution < -0.4 is 0 Å². The second kappa shape index (κ2) is 6.58. The molecule has 0 saturated carbocycles. The van der Waals surface area contributed by atoms with Crippen molar-refractivity contribution in [2.45, 2.75) is 12.5 Å². The lowest BCUT2D eigenvalue weighted by molar-refractivity contribution is -0.0928. The van der Waals surface area contributed by atoms with Crippen LogP contribution in [0.2, 0.25) is 0 Å². The summed E-state index contributed by atoms with van der Waals surface area (Å²) in [5.74, 6) is 0. The Morgan fingerprint density at radius 3 is 2.86 bits per heavy atom. The van der Waals surface area contributed by atoms with Crippen molar-refractivity contribution >= 4 is 12.4 Å². The molecule has 1 N–H and O–H groups in total. The zero-order valence-corrected chi connectivity index (χ0v) is 9.68. The third-order valence-electron chi connectivity index (χ3n) is 2.51. The summed E-state index contributed by atoms with van der Waals surface area (Å²) in [6.07, 6.45) is 0. The van der Waals surface area contributed by atoms with Crippen molar-refractivity contribution in [2.75, 3.05) is 46.6 Å². The second-order valence-electron chi connectivity index (χ2n) is 3.69.